The number of primary amides is 1. The van der Waals surface area contributed by atoms with E-state index in [0.29, 0.717) is 21.9 Å². The molecule has 3 amide bonds. The van der Waals surface area contributed by atoms with Gasteiger partial charge in [-0.3, -0.25) is 14.4 Å². The van der Waals surface area contributed by atoms with Crippen LogP contribution in [-0.2, 0) is 17.6 Å². The highest BCUT2D eigenvalue weighted by molar-refractivity contribution is 7.17. The molecule has 2 aromatic carbocycles. The van der Waals surface area contributed by atoms with Crippen molar-refractivity contribution in [3.63, 3.8) is 0 Å². The summed E-state index contributed by atoms with van der Waals surface area (Å²) in [6, 6.07) is 12.4. The maximum Gasteiger partial charge on any atom is 0.265 e. The van der Waals surface area contributed by atoms with Crippen LogP contribution in [0.5, 0.6) is 5.75 Å². The van der Waals surface area contributed by atoms with Crippen LogP contribution in [0, 0.1) is 13.8 Å². The molecule has 1 atom stereocenters. The quantitative estimate of drug-likeness (QED) is 0.432. The summed E-state index contributed by atoms with van der Waals surface area (Å²) >= 11 is 1.43. The highest BCUT2D eigenvalue weighted by Crippen LogP contribution is 2.38. The molecule has 0 radical (unpaired) electrons. The van der Waals surface area contributed by atoms with Crippen LogP contribution in [0.15, 0.2) is 42.5 Å². The molecule has 0 saturated heterocycles. The second-order valence-corrected chi connectivity index (χ2v) is 9.93. The first-order valence-corrected chi connectivity index (χ1v) is 12.4. The smallest absolute Gasteiger partial charge is 0.265 e. The summed E-state index contributed by atoms with van der Waals surface area (Å²) in [5.41, 5.74) is 10.2. The van der Waals surface area contributed by atoms with Gasteiger partial charge < -0.3 is 21.1 Å². The van der Waals surface area contributed by atoms with Crippen LogP contribution in [0.4, 0.5) is 10.7 Å². The van der Waals surface area contributed by atoms with E-state index in [1.165, 1.54) is 11.3 Å². The van der Waals surface area contributed by atoms with Gasteiger partial charge in [0, 0.05) is 16.1 Å². The molecule has 4 N–H and O–H groups in total. The standard InChI is InChI=1S/C27H29N3O4S/c1-15-8-9-16(2)21(14-15)29-25(32)17(3)34-19-12-10-18(11-13-19)26(33)30-27-23(24(28)31)20-6-4-5-7-22(20)35-27/h8-14,17H,4-7H2,1-3H3,(H2,28,31)(H,29,32)(H,30,33)/t17-/m1/s1. The number of aryl methyl sites for hydroxylation is 3. The average molecular weight is 492 g/mol. The summed E-state index contributed by atoms with van der Waals surface area (Å²) < 4.78 is 5.77. The highest BCUT2D eigenvalue weighted by Gasteiger charge is 2.25. The molecule has 0 spiro atoms. The first-order valence-electron chi connectivity index (χ1n) is 11.6. The number of carbonyl (C=O) groups excluding carboxylic acids is 3. The number of rotatable bonds is 7. The normalized spacial score (nSPS) is 13.5. The number of amides is 3. The van der Waals surface area contributed by atoms with Gasteiger partial charge in [-0.2, -0.15) is 0 Å². The highest BCUT2D eigenvalue weighted by atomic mass is 32.1. The predicted octanol–water partition coefficient (Wildman–Crippen LogP) is 5.00. The van der Waals surface area contributed by atoms with Gasteiger partial charge in [0.15, 0.2) is 6.10 Å². The fourth-order valence-electron chi connectivity index (χ4n) is 4.14. The lowest BCUT2D eigenvalue weighted by atomic mass is 9.95. The van der Waals surface area contributed by atoms with E-state index in [1.54, 1.807) is 31.2 Å². The molecule has 1 aliphatic carbocycles. The number of nitrogens with one attached hydrogen (secondary N) is 2. The molecular weight excluding hydrogens is 462 g/mol. The average Bonchev–Trinajstić information content (AvgIpc) is 3.19. The molecule has 4 rings (SSSR count). The van der Waals surface area contributed by atoms with Gasteiger partial charge in [0.25, 0.3) is 17.7 Å². The van der Waals surface area contributed by atoms with Crippen molar-refractivity contribution in [2.24, 2.45) is 5.73 Å². The lowest BCUT2D eigenvalue weighted by Gasteiger charge is -2.16. The third-order valence-electron chi connectivity index (χ3n) is 6.09. The number of hydrogen-bond donors (Lipinski definition) is 3. The molecular formula is C27H29N3O4S. The van der Waals surface area contributed by atoms with Crippen molar-refractivity contribution in [1.82, 2.24) is 0 Å². The fraction of sp³-hybridized carbons (Fsp3) is 0.296. The Kier molecular flexibility index (Phi) is 7.21. The summed E-state index contributed by atoms with van der Waals surface area (Å²) in [4.78, 5) is 38.6. The van der Waals surface area contributed by atoms with Gasteiger partial charge in [-0.15, -0.1) is 11.3 Å². The van der Waals surface area contributed by atoms with Gasteiger partial charge in [0.1, 0.15) is 10.8 Å². The number of thiophene rings is 1. The van der Waals surface area contributed by atoms with E-state index in [4.69, 9.17) is 10.5 Å². The second-order valence-electron chi connectivity index (χ2n) is 8.83. The van der Waals surface area contributed by atoms with Gasteiger partial charge in [0.05, 0.1) is 5.56 Å². The van der Waals surface area contributed by atoms with E-state index in [1.807, 2.05) is 32.0 Å². The van der Waals surface area contributed by atoms with E-state index in [0.717, 1.165) is 52.9 Å². The van der Waals surface area contributed by atoms with Crippen LogP contribution >= 0.6 is 11.3 Å². The van der Waals surface area contributed by atoms with Crippen molar-refractivity contribution in [1.29, 1.82) is 0 Å². The SMILES string of the molecule is Cc1ccc(C)c(NC(=O)[C@@H](C)Oc2ccc(C(=O)Nc3sc4c(c3C(N)=O)CCCC4)cc2)c1. The molecule has 35 heavy (non-hydrogen) atoms. The van der Waals surface area contributed by atoms with Gasteiger partial charge >= 0.3 is 0 Å². The zero-order valence-corrected chi connectivity index (χ0v) is 20.9. The minimum atomic E-state index is -0.731. The van der Waals surface area contributed by atoms with Crippen LogP contribution in [-0.4, -0.2) is 23.8 Å². The lowest BCUT2D eigenvalue weighted by Crippen LogP contribution is -2.30. The zero-order valence-electron chi connectivity index (χ0n) is 20.1. The topological polar surface area (TPSA) is 111 Å². The number of anilines is 2. The van der Waals surface area contributed by atoms with Crippen LogP contribution < -0.4 is 21.1 Å². The Labute approximate surface area is 208 Å². The maximum absolute atomic E-state index is 12.8. The van der Waals surface area contributed by atoms with Gasteiger partial charge in [-0.05, 0) is 93.5 Å². The first-order chi connectivity index (χ1) is 16.7. The third kappa shape index (κ3) is 5.54. The molecule has 0 saturated carbocycles. The number of carbonyl (C=O) groups is 3. The van der Waals surface area contributed by atoms with E-state index in [9.17, 15) is 14.4 Å². The minimum Gasteiger partial charge on any atom is -0.481 e. The zero-order chi connectivity index (χ0) is 25.1. The lowest BCUT2D eigenvalue weighted by molar-refractivity contribution is -0.122. The summed E-state index contributed by atoms with van der Waals surface area (Å²) in [6.45, 7) is 5.57. The minimum absolute atomic E-state index is 0.263. The van der Waals surface area contributed by atoms with Crippen molar-refractivity contribution in [2.45, 2.75) is 52.6 Å². The van der Waals surface area contributed by atoms with Crippen molar-refractivity contribution >= 4 is 39.7 Å². The third-order valence-corrected chi connectivity index (χ3v) is 7.30. The summed E-state index contributed by atoms with van der Waals surface area (Å²) in [5, 5.41) is 6.26. The van der Waals surface area contributed by atoms with E-state index < -0.39 is 12.0 Å². The van der Waals surface area contributed by atoms with Crippen LogP contribution in [0.25, 0.3) is 0 Å². The fourth-order valence-corrected chi connectivity index (χ4v) is 5.43. The molecule has 7 nitrogen and oxygen atoms in total. The molecule has 1 aliphatic rings. The number of benzene rings is 2. The van der Waals surface area contributed by atoms with Crippen LogP contribution in [0.1, 0.15) is 62.0 Å². The molecule has 8 heteroatoms. The van der Waals surface area contributed by atoms with E-state index in [-0.39, 0.29) is 11.8 Å². The Morgan fingerprint density at radius 3 is 2.43 bits per heavy atom. The molecule has 1 heterocycles. The van der Waals surface area contributed by atoms with Crippen LogP contribution in [0.2, 0.25) is 0 Å². The summed E-state index contributed by atoms with van der Waals surface area (Å²) in [7, 11) is 0. The van der Waals surface area contributed by atoms with Gasteiger partial charge in [0.2, 0.25) is 0 Å². The number of fused-ring (bicyclic) bond motifs is 1. The molecule has 1 aromatic heterocycles. The molecule has 0 unspecified atom stereocenters. The van der Waals surface area contributed by atoms with Crippen molar-refractivity contribution < 1.29 is 19.1 Å². The first kappa shape index (κ1) is 24.5. The Hall–Kier alpha value is -3.65. The van der Waals surface area contributed by atoms with Crippen molar-refractivity contribution in [3.05, 3.63) is 75.2 Å². The molecule has 182 valence electrons. The summed E-state index contributed by atoms with van der Waals surface area (Å²) in [5.74, 6) is -0.648. The molecule has 0 bridgehead atoms. The Bertz CT molecular complexity index is 1280. The second kappa shape index (κ2) is 10.3. The molecule has 0 fully saturated rings. The Morgan fingerprint density at radius 1 is 1.00 bits per heavy atom. The van der Waals surface area contributed by atoms with E-state index in [2.05, 4.69) is 10.6 Å². The van der Waals surface area contributed by atoms with E-state index >= 15 is 0 Å². The van der Waals surface area contributed by atoms with Crippen molar-refractivity contribution in [3.8, 4) is 5.75 Å². The number of nitrogens with two attached hydrogens (primary N) is 1. The number of ether oxygens (including phenoxy) is 1. The van der Waals surface area contributed by atoms with Crippen molar-refractivity contribution in [2.75, 3.05) is 10.6 Å². The maximum atomic E-state index is 12.8. The van der Waals surface area contributed by atoms with Gasteiger partial charge in [-0.25, -0.2) is 0 Å². The van der Waals surface area contributed by atoms with Crippen LogP contribution in [0.3, 0.4) is 0 Å². The largest absolute Gasteiger partial charge is 0.481 e. The number of hydrogen-bond acceptors (Lipinski definition) is 5. The summed E-state index contributed by atoms with van der Waals surface area (Å²) in [6.07, 6.45) is 3.06. The molecule has 3 aromatic rings. The Balaban J connectivity index is 1.40. The predicted molar refractivity (Wildman–Crippen MR) is 139 cm³/mol. The van der Waals surface area contributed by atoms with Gasteiger partial charge in [-0.1, -0.05) is 12.1 Å². The molecule has 0 aliphatic heterocycles. The monoisotopic (exact) mass is 491 g/mol. The Morgan fingerprint density at radius 2 is 1.71 bits per heavy atom.